The van der Waals surface area contributed by atoms with Gasteiger partial charge < -0.3 is 20.9 Å². The number of carbonyl (C=O) groups is 2. The summed E-state index contributed by atoms with van der Waals surface area (Å²) in [4.78, 5) is 24.7. The first-order valence-electron chi connectivity index (χ1n) is 7.59. The number of hydrogen-bond donors (Lipinski definition) is 3. The molecule has 0 spiro atoms. The van der Waals surface area contributed by atoms with Gasteiger partial charge in [0.1, 0.15) is 5.54 Å². The Bertz CT molecular complexity index is 554. The first-order valence-corrected chi connectivity index (χ1v) is 8.12. The number of esters is 1. The number of aliphatic hydroxyl groups excluding tert-OH is 1. The van der Waals surface area contributed by atoms with E-state index in [9.17, 15) is 14.7 Å². The summed E-state index contributed by atoms with van der Waals surface area (Å²) in [5, 5.41) is 13.5. The third kappa shape index (κ3) is 1.63. The minimum atomic E-state index is -1.49. The van der Waals surface area contributed by atoms with Crippen LogP contribution in [0.25, 0.3) is 0 Å². The predicted molar refractivity (Wildman–Crippen MR) is 80.1 cm³/mol. The van der Waals surface area contributed by atoms with Crippen LogP contribution in [0.2, 0.25) is 0 Å². The quantitative estimate of drug-likeness (QED) is 0.389. The Hall–Kier alpha value is -1.11. The van der Waals surface area contributed by atoms with Crippen molar-refractivity contribution in [3.63, 3.8) is 0 Å². The summed E-state index contributed by atoms with van der Waals surface area (Å²) in [5.41, 5.74) is 2.03. The summed E-state index contributed by atoms with van der Waals surface area (Å²) >= 11 is 5.77. The molecule has 22 heavy (non-hydrogen) atoms. The maximum atomic E-state index is 12.4. The lowest BCUT2D eigenvalue weighted by molar-refractivity contribution is -0.240. The van der Waals surface area contributed by atoms with Crippen LogP contribution in [-0.2, 0) is 14.3 Å². The SMILES string of the molecule is C[C@@]12OC(=O)[C@]1([C@H](O)[C@@H]1C=CCCC1)NC(=O)[C@]2(N)CCCl. The molecule has 3 rings (SSSR count). The van der Waals surface area contributed by atoms with Gasteiger partial charge >= 0.3 is 5.97 Å². The number of carbonyl (C=O) groups excluding carboxylic acids is 2. The van der Waals surface area contributed by atoms with Crippen LogP contribution in [-0.4, -0.2) is 45.6 Å². The van der Waals surface area contributed by atoms with Crippen molar-refractivity contribution in [3.8, 4) is 0 Å². The number of hydrogen-bond acceptors (Lipinski definition) is 5. The molecule has 2 heterocycles. The molecule has 1 aliphatic carbocycles. The number of alkyl halides is 1. The van der Waals surface area contributed by atoms with Crippen LogP contribution in [0.5, 0.6) is 0 Å². The van der Waals surface area contributed by atoms with Crippen molar-refractivity contribution in [2.75, 3.05) is 5.88 Å². The molecule has 0 bridgehead atoms. The minimum absolute atomic E-state index is 0.159. The standard InChI is InChI=1S/C15H21ClN2O4/c1-13-14(17,7-8-16)11(20)18-15(13,12(21)22-13)10(19)9-5-3-2-4-6-9/h3,5,9-10,19H,2,4,6-8,17H2,1H3,(H,18,20)/t9-,10-,13+,14-,15+/m1/s1. The highest BCUT2D eigenvalue weighted by atomic mass is 35.5. The van der Waals surface area contributed by atoms with Crippen molar-refractivity contribution < 1.29 is 19.4 Å². The van der Waals surface area contributed by atoms with Gasteiger partial charge in [-0.25, -0.2) is 4.79 Å². The van der Waals surface area contributed by atoms with Crippen LogP contribution in [0.15, 0.2) is 12.2 Å². The average Bonchev–Trinajstić information content (AvgIpc) is 2.64. The van der Waals surface area contributed by atoms with E-state index in [1.165, 1.54) is 0 Å². The number of aliphatic hydroxyl groups is 1. The normalized spacial score (nSPS) is 44.8. The van der Waals surface area contributed by atoms with E-state index in [0.29, 0.717) is 0 Å². The first-order chi connectivity index (χ1) is 10.3. The predicted octanol–water partition coefficient (Wildman–Crippen LogP) is 0.214. The van der Waals surface area contributed by atoms with Gasteiger partial charge in [-0.1, -0.05) is 12.2 Å². The molecule has 0 aromatic heterocycles. The second-order valence-corrected chi connectivity index (χ2v) is 6.94. The Morgan fingerprint density at radius 1 is 1.59 bits per heavy atom. The molecule has 6 nitrogen and oxygen atoms in total. The lowest BCUT2D eigenvalue weighted by Crippen LogP contribution is -2.83. The molecule has 0 unspecified atom stereocenters. The number of fused-ring (bicyclic) bond motifs is 1. The van der Waals surface area contributed by atoms with Gasteiger partial charge in [-0.05, 0) is 32.6 Å². The third-order valence-corrected chi connectivity index (χ3v) is 5.76. The zero-order chi connectivity index (χ0) is 16.2. The van der Waals surface area contributed by atoms with E-state index < -0.39 is 34.7 Å². The second kappa shape index (κ2) is 4.94. The molecule has 2 aliphatic heterocycles. The number of ether oxygens (including phenoxy) is 1. The smallest absolute Gasteiger partial charge is 0.339 e. The number of nitrogens with two attached hydrogens (primary N) is 1. The molecule has 0 aromatic rings. The molecule has 2 saturated heterocycles. The lowest BCUT2D eigenvalue weighted by atomic mass is 9.62. The molecule has 0 saturated carbocycles. The fourth-order valence-corrected chi connectivity index (χ4v) is 4.31. The van der Waals surface area contributed by atoms with E-state index in [0.717, 1.165) is 19.3 Å². The van der Waals surface area contributed by atoms with Crippen LogP contribution in [0, 0.1) is 5.92 Å². The Labute approximate surface area is 134 Å². The molecule has 5 atom stereocenters. The number of rotatable bonds is 4. The van der Waals surface area contributed by atoms with Crippen molar-refractivity contribution in [2.45, 2.75) is 55.4 Å². The van der Waals surface area contributed by atoms with Crippen LogP contribution in [0.3, 0.4) is 0 Å². The molecular weight excluding hydrogens is 308 g/mol. The fourth-order valence-electron chi connectivity index (χ4n) is 4.02. The van der Waals surface area contributed by atoms with E-state index >= 15 is 0 Å². The maximum Gasteiger partial charge on any atom is 0.339 e. The highest BCUT2D eigenvalue weighted by molar-refractivity contribution is 6.18. The topological polar surface area (TPSA) is 102 Å². The molecular formula is C15H21ClN2O4. The molecule has 4 N–H and O–H groups in total. The number of halogens is 1. The summed E-state index contributed by atoms with van der Waals surface area (Å²) in [6, 6.07) is 0. The van der Waals surface area contributed by atoms with Crippen molar-refractivity contribution in [2.24, 2.45) is 11.7 Å². The van der Waals surface area contributed by atoms with Crippen molar-refractivity contribution in [3.05, 3.63) is 12.2 Å². The highest BCUT2D eigenvalue weighted by Gasteiger charge is 2.84. The zero-order valence-electron chi connectivity index (χ0n) is 12.5. The Kier molecular flexibility index (Phi) is 3.54. The summed E-state index contributed by atoms with van der Waals surface area (Å²) in [5.74, 6) is -1.18. The van der Waals surface area contributed by atoms with Crippen molar-refractivity contribution in [1.29, 1.82) is 0 Å². The van der Waals surface area contributed by atoms with Gasteiger partial charge in [0.15, 0.2) is 5.60 Å². The first kappa shape index (κ1) is 15.8. The van der Waals surface area contributed by atoms with E-state index in [1.807, 2.05) is 12.2 Å². The number of nitrogens with one attached hydrogen (secondary N) is 1. The second-order valence-electron chi connectivity index (χ2n) is 6.56. The monoisotopic (exact) mass is 328 g/mol. The van der Waals surface area contributed by atoms with Crippen LogP contribution >= 0.6 is 11.6 Å². The van der Waals surface area contributed by atoms with Gasteiger partial charge in [0.2, 0.25) is 11.4 Å². The van der Waals surface area contributed by atoms with Gasteiger partial charge in [-0.15, -0.1) is 11.6 Å². The molecule has 1 amide bonds. The summed E-state index contributed by atoms with van der Waals surface area (Å²) in [6.45, 7) is 1.61. The van der Waals surface area contributed by atoms with Gasteiger partial charge in [0.25, 0.3) is 0 Å². The zero-order valence-corrected chi connectivity index (χ0v) is 13.2. The number of amides is 1. The maximum absolute atomic E-state index is 12.4. The van der Waals surface area contributed by atoms with E-state index in [1.54, 1.807) is 6.92 Å². The van der Waals surface area contributed by atoms with E-state index in [-0.39, 0.29) is 18.2 Å². The van der Waals surface area contributed by atoms with Gasteiger partial charge in [-0.2, -0.15) is 0 Å². The highest BCUT2D eigenvalue weighted by Crippen LogP contribution is 2.54. The summed E-state index contributed by atoms with van der Waals surface area (Å²) in [7, 11) is 0. The van der Waals surface area contributed by atoms with Gasteiger partial charge in [0.05, 0.1) is 6.10 Å². The lowest BCUT2D eigenvalue weighted by Gasteiger charge is -2.56. The Morgan fingerprint density at radius 2 is 2.32 bits per heavy atom. The Morgan fingerprint density at radius 3 is 2.86 bits per heavy atom. The molecule has 122 valence electrons. The van der Waals surface area contributed by atoms with Crippen molar-refractivity contribution in [1.82, 2.24) is 5.32 Å². The van der Waals surface area contributed by atoms with E-state index in [2.05, 4.69) is 5.32 Å². The molecule has 0 radical (unpaired) electrons. The van der Waals surface area contributed by atoms with Crippen LogP contribution in [0.1, 0.15) is 32.6 Å². The summed E-state index contributed by atoms with van der Waals surface area (Å²) in [6.07, 6.45) is 5.63. The summed E-state index contributed by atoms with van der Waals surface area (Å²) < 4.78 is 5.31. The average molecular weight is 329 g/mol. The van der Waals surface area contributed by atoms with Crippen LogP contribution < -0.4 is 11.1 Å². The van der Waals surface area contributed by atoms with Crippen LogP contribution in [0.4, 0.5) is 0 Å². The fraction of sp³-hybridized carbons (Fsp3) is 0.733. The van der Waals surface area contributed by atoms with E-state index in [4.69, 9.17) is 22.1 Å². The third-order valence-electron chi connectivity index (χ3n) is 5.57. The van der Waals surface area contributed by atoms with Gasteiger partial charge in [-0.3, -0.25) is 4.79 Å². The molecule has 0 aromatic carbocycles. The largest absolute Gasteiger partial charge is 0.452 e. The van der Waals surface area contributed by atoms with Crippen molar-refractivity contribution >= 4 is 23.5 Å². The molecule has 7 heteroatoms. The minimum Gasteiger partial charge on any atom is -0.452 e. The van der Waals surface area contributed by atoms with Gasteiger partial charge in [0, 0.05) is 11.8 Å². The molecule has 3 aliphatic rings. The Balaban J connectivity index is 2.01. The molecule has 2 fully saturated rings. The number of allylic oxidation sites excluding steroid dienone is 1.